The molecule has 0 N–H and O–H groups in total. The van der Waals surface area contributed by atoms with E-state index in [1.165, 1.54) is 5.56 Å². The highest BCUT2D eigenvalue weighted by molar-refractivity contribution is 5.62. The minimum absolute atomic E-state index is 0.139. The van der Waals surface area contributed by atoms with Crippen molar-refractivity contribution in [1.29, 1.82) is 0 Å². The SMILES string of the molecule is c1cncc(CN2CCC[C@H]2c2nc(-c3ccc(-c4ccncc4)nc3)no2)c1. The summed E-state index contributed by atoms with van der Waals surface area (Å²) in [4.78, 5) is 19.8. The highest BCUT2D eigenvalue weighted by atomic mass is 16.5. The summed E-state index contributed by atoms with van der Waals surface area (Å²) in [7, 11) is 0. The highest BCUT2D eigenvalue weighted by Crippen LogP contribution is 2.33. The number of hydrogen-bond donors (Lipinski definition) is 0. The van der Waals surface area contributed by atoms with E-state index in [1.54, 1.807) is 24.8 Å². The van der Waals surface area contributed by atoms with Crippen molar-refractivity contribution in [1.82, 2.24) is 30.0 Å². The molecule has 1 fully saturated rings. The maximum atomic E-state index is 5.63. The predicted octanol–water partition coefficient (Wildman–Crippen LogP) is 3.93. The first-order valence-corrected chi connectivity index (χ1v) is 9.70. The standard InChI is InChI=1S/C22H20N6O/c1-3-16(13-24-9-1)15-28-12-2-4-20(28)22-26-21(27-29-22)18-5-6-19(25-14-18)17-7-10-23-11-8-17/h1,3,5-11,13-14,20H,2,4,12,15H2/t20-/m0/s1. The number of nitrogens with zero attached hydrogens (tertiary/aromatic N) is 6. The van der Waals surface area contributed by atoms with Gasteiger partial charge in [0.25, 0.3) is 0 Å². The van der Waals surface area contributed by atoms with Crippen LogP contribution in [0.5, 0.6) is 0 Å². The average molecular weight is 384 g/mol. The Balaban J connectivity index is 1.33. The third kappa shape index (κ3) is 3.77. The van der Waals surface area contributed by atoms with Crippen LogP contribution in [0.3, 0.4) is 0 Å². The van der Waals surface area contributed by atoms with Crippen LogP contribution >= 0.6 is 0 Å². The van der Waals surface area contributed by atoms with Gasteiger partial charge in [-0.3, -0.25) is 19.9 Å². The second-order valence-electron chi connectivity index (χ2n) is 7.11. The molecule has 144 valence electrons. The molecule has 7 heteroatoms. The zero-order valence-electron chi connectivity index (χ0n) is 15.8. The van der Waals surface area contributed by atoms with Crippen molar-refractivity contribution in [2.24, 2.45) is 0 Å². The largest absolute Gasteiger partial charge is 0.337 e. The summed E-state index contributed by atoms with van der Waals surface area (Å²) >= 11 is 0. The van der Waals surface area contributed by atoms with Gasteiger partial charge in [0.1, 0.15) is 0 Å². The van der Waals surface area contributed by atoms with Crippen molar-refractivity contribution >= 4 is 0 Å². The van der Waals surface area contributed by atoms with Crippen molar-refractivity contribution in [3.63, 3.8) is 0 Å². The van der Waals surface area contributed by atoms with E-state index in [4.69, 9.17) is 4.52 Å². The lowest BCUT2D eigenvalue weighted by atomic mass is 10.1. The van der Waals surface area contributed by atoms with E-state index in [-0.39, 0.29) is 6.04 Å². The molecule has 1 saturated heterocycles. The topological polar surface area (TPSA) is 80.8 Å². The Hall–Kier alpha value is -3.45. The number of pyridine rings is 3. The minimum Gasteiger partial charge on any atom is -0.337 e. The van der Waals surface area contributed by atoms with Gasteiger partial charge in [0, 0.05) is 48.7 Å². The highest BCUT2D eigenvalue weighted by Gasteiger charge is 2.30. The summed E-state index contributed by atoms with van der Waals surface area (Å²) in [6.45, 7) is 1.85. The number of hydrogen-bond acceptors (Lipinski definition) is 7. The van der Waals surface area contributed by atoms with E-state index in [9.17, 15) is 0 Å². The Bertz CT molecular complexity index is 1070. The van der Waals surface area contributed by atoms with Crippen molar-refractivity contribution in [3.05, 3.63) is 78.8 Å². The molecule has 0 spiro atoms. The van der Waals surface area contributed by atoms with Crippen molar-refractivity contribution in [2.45, 2.75) is 25.4 Å². The van der Waals surface area contributed by atoms with E-state index in [0.717, 1.165) is 42.8 Å². The lowest BCUT2D eigenvalue weighted by Crippen LogP contribution is -2.23. The minimum atomic E-state index is 0.139. The molecule has 0 amide bonds. The molecule has 1 atom stereocenters. The van der Waals surface area contributed by atoms with Gasteiger partial charge in [0.05, 0.1) is 11.7 Å². The molecule has 0 radical (unpaired) electrons. The zero-order valence-corrected chi connectivity index (χ0v) is 15.8. The van der Waals surface area contributed by atoms with Crippen LogP contribution in [0.25, 0.3) is 22.6 Å². The van der Waals surface area contributed by atoms with E-state index in [2.05, 4.69) is 36.1 Å². The molecule has 0 aromatic carbocycles. The van der Waals surface area contributed by atoms with Gasteiger partial charge in [-0.15, -0.1) is 0 Å². The van der Waals surface area contributed by atoms with Gasteiger partial charge in [0.2, 0.25) is 11.7 Å². The summed E-state index contributed by atoms with van der Waals surface area (Å²) in [6.07, 6.45) is 11.1. The fraction of sp³-hybridized carbons (Fsp3) is 0.227. The van der Waals surface area contributed by atoms with Crippen LogP contribution < -0.4 is 0 Å². The molecule has 1 aliphatic heterocycles. The summed E-state index contributed by atoms with van der Waals surface area (Å²) in [5, 5.41) is 4.20. The molecule has 0 unspecified atom stereocenters. The van der Waals surface area contributed by atoms with E-state index < -0.39 is 0 Å². The van der Waals surface area contributed by atoms with Gasteiger partial charge in [-0.1, -0.05) is 11.2 Å². The van der Waals surface area contributed by atoms with Crippen LogP contribution in [0.4, 0.5) is 0 Å². The Morgan fingerprint density at radius 3 is 2.69 bits per heavy atom. The Kier molecular flexibility index (Phi) is 4.80. The Labute approximate surface area is 168 Å². The second kappa shape index (κ2) is 7.89. The monoisotopic (exact) mass is 384 g/mol. The van der Waals surface area contributed by atoms with Gasteiger partial charge >= 0.3 is 0 Å². The summed E-state index contributed by atoms with van der Waals surface area (Å²) in [5.41, 5.74) is 3.94. The van der Waals surface area contributed by atoms with Gasteiger partial charge < -0.3 is 4.52 Å². The fourth-order valence-electron chi connectivity index (χ4n) is 3.73. The third-order valence-corrected chi connectivity index (χ3v) is 5.20. The molecule has 1 aliphatic rings. The quantitative estimate of drug-likeness (QED) is 0.516. The van der Waals surface area contributed by atoms with Gasteiger partial charge in [-0.05, 0) is 55.3 Å². The molecule has 4 aromatic heterocycles. The molecule has 0 saturated carbocycles. The van der Waals surface area contributed by atoms with Gasteiger partial charge in [-0.2, -0.15) is 4.98 Å². The fourth-order valence-corrected chi connectivity index (χ4v) is 3.73. The molecule has 0 bridgehead atoms. The number of aromatic nitrogens is 5. The van der Waals surface area contributed by atoms with Crippen LogP contribution in [-0.2, 0) is 6.54 Å². The van der Waals surface area contributed by atoms with Crippen LogP contribution in [0, 0.1) is 0 Å². The van der Waals surface area contributed by atoms with Crippen LogP contribution in [0.1, 0.15) is 30.3 Å². The summed E-state index contributed by atoms with van der Waals surface area (Å²) in [5.74, 6) is 1.24. The van der Waals surface area contributed by atoms with E-state index in [1.807, 2.05) is 36.5 Å². The van der Waals surface area contributed by atoms with Crippen LogP contribution in [-0.4, -0.2) is 36.5 Å². The maximum absolute atomic E-state index is 5.63. The molecule has 5 heterocycles. The molecule has 29 heavy (non-hydrogen) atoms. The Morgan fingerprint density at radius 2 is 1.90 bits per heavy atom. The van der Waals surface area contributed by atoms with Gasteiger partial charge in [-0.25, -0.2) is 0 Å². The van der Waals surface area contributed by atoms with Crippen molar-refractivity contribution in [3.8, 4) is 22.6 Å². The van der Waals surface area contributed by atoms with E-state index in [0.29, 0.717) is 11.7 Å². The van der Waals surface area contributed by atoms with Crippen molar-refractivity contribution < 1.29 is 4.52 Å². The first kappa shape index (κ1) is 17.6. The molecule has 5 rings (SSSR count). The smallest absolute Gasteiger partial charge is 0.244 e. The zero-order chi connectivity index (χ0) is 19.5. The predicted molar refractivity (Wildman–Crippen MR) is 107 cm³/mol. The summed E-state index contributed by atoms with van der Waals surface area (Å²) in [6, 6.07) is 12.0. The first-order chi connectivity index (χ1) is 14.4. The van der Waals surface area contributed by atoms with Crippen LogP contribution in [0.15, 0.2) is 71.9 Å². The first-order valence-electron chi connectivity index (χ1n) is 9.70. The molecular weight excluding hydrogens is 364 g/mol. The normalized spacial score (nSPS) is 16.9. The Morgan fingerprint density at radius 1 is 0.966 bits per heavy atom. The molecular formula is C22H20N6O. The van der Waals surface area contributed by atoms with E-state index >= 15 is 0 Å². The third-order valence-electron chi connectivity index (χ3n) is 5.20. The second-order valence-corrected chi connectivity index (χ2v) is 7.11. The lowest BCUT2D eigenvalue weighted by Gasteiger charge is -2.21. The molecule has 4 aromatic rings. The van der Waals surface area contributed by atoms with Crippen molar-refractivity contribution in [2.75, 3.05) is 6.54 Å². The molecule has 7 nitrogen and oxygen atoms in total. The molecule has 0 aliphatic carbocycles. The number of likely N-dealkylation sites (tertiary alicyclic amines) is 1. The number of rotatable bonds is 5. The summed E-state index contributed by atoms with van der Waals surface area (Å²) < 4.78 is 5.63. The van der Waals surface area contributed by atoms with Gasteiger partial charge in [0.15, 0.2) is 0 Å². The van der Waals surface area contributed by atoms with Crippen LogP contribution in [0.2, 0.25) is 0 Å². The maximum Gasteiger partial charge on any atom is 0.244 e. The lowest BCUT2D eigenvalue weighted by molar-refractivity contribution is 0.201. The average Bonchev–Trinajstić information content (AvgIpc) is 3.45.